The maximum Gasteiger partial charge on any atom is 0.227 e. The predicted molar refractivity (Wildman–Crippen MR) is 101 cm³/mol. The number of hydrogen-bond donors (Lipinski definition) is 2. The monoisotopic (exact) mass is 338 g/mol. The van der Waals surface area contributed by atoms with Crippen LogP contribution in [0.25, 0.3) is 11.3 Å². The fraction of sp³-hybridized carbons (Fsp3) is 0.500. The number of carbonyl (C=O) groups is 1. The highest BCUT2D eigenvalue weighted by molar-refractivity contribution is 5.98. The predicted octanol–water partition coefficient (Wildman–Crippen LogP) is 3.98. The lowest BCUT2D eigenvalue weighted by Crippen LogP contribution is -2.29. The summed E-state index contributed by atoms with van der Waals surface area (Å²) in [7, 11) is 0. The summed E-state index contributed by atoms with van der Waals surface area (Å²) in [6, 6.07) is 8.58. The van der Waals surface area contributed by atoms with E-state index in [1.807, 2.05) is 0 Å². The lowest BCUT2D eigenvalue weighted by molar-refractivity contribution is -0.117. The Morgan fingerprint density at radius 2 is 1.92 bits per heavy atom. The first-order valence-corrected chi connectivity index (χ1v) is 9.49. The van der Waals surface area contributed by atoms with Crippen molar-refractivity contribution in [3.05, 3.63) is 30.0 Å². The largest absolute Gasteiger partial charge is 0.372 e. The first-order valence-electron chi connectivity index (χ1n) is 9.49. The van der Waals surface area contributed by atoms with Crippen molar-refractivity contribution in [2.24, 2.45) is 5.92 Å². The minimum atomic E-state index is 0.127. The van der Waals surface area contributed by atoms with Crippen LogP contribution in [0.15, 0.2) is 24.3 Å². The number of rotatable bonds is 5. The number of hydrogen-bond acceptors (Lipinski definition) is 3. The van der Waals surface area contributed by atoms with Crippen LogP contribution in [0, 0.1) is 5.92 Å². The Labute approximate surface area is 148 Å². The zero-order valence-electron chi connectivity index (χ0n) is 14.8. The molecule has 0 bridgehead atoms. The number of nitrogens with one attached hydrogen (secondary N) is 2. The summed E-state index contributed by atoms with van der Waals surface area (Å²) in [4.78, 5) is 14.7. The molecule has 1 saturated heterocycles. The number of benzene rings is 1. The number of aromatic amines is 1. The highest BCUT2D eigenvalue weighted by Gasteiger charge is 2.31. The lowest BCUT2D eigenvalue weighted by Gasteiger charge is -2.28. The van der Waals surface area contributed by atoms with Gasteiger partial charge in [0.1, 0.15) is 5.69 Å². The number of carbonyl (C=O) groups excluding carboxylic acids is 1. The van der Waals surface area contributed by atoms with Crippen LogP contribution in [0.3, 0.4) is 0 Å². The smallest absolute Gasteiger partial charge is 0.227 e. The molecular formula is C20H26N4O. The minimum absolute atomic E-state index is 0.127. The van der Waals surface area contributed by atoms with Crippen LogP contribution in [0.1, 0.15) is 44.7 Å². The van der Waals surface area contributed by atoms with Crippen molar-refractivity contribution in [1.82, 2.24) is 10.2 Å². The maximum atomic E-state index is 12.2. The SMILES string of the molecule is CCc1[nH]nc(-c2ccc(N3CCCCC3)cc2)c1NC(=O)C1CC1. The fourth-order valence-corrected chi connectivity index (χ4v) is 3.53. The normalized spacial score (nSPS) is 17.6. The van der Waals surface area contributed by atoms with Gasteiger partial charge in [0.05, 0.1) is 11.4 Å². The first-order chi connectivity index (χ1) is 12.3. The summed E-state index contributed by atoms with van der Waals surface area (Å²) >= 11 is 0. The molecule has 1 saturated carbocycles. The zero-order chi connectivity index (χ0) is 17.2. The maximum absolute atomic E-state index is 12.2. The second kappa shape index (κ2) is 6.90. The van der Waals surface area contributed by atoms with E-state index in [2.05, 4.69) is 51.6 Å². The fourth-order valence-electron chi connectivity index (χ4n) is 3.53. The zero-order valence-corrected chi connectivity index (χ0v) is 14.8. The van der Waals surface area contributed by atoms with Gasteiger partial charge in [-0.15, -0.1) is 0 Å². The molecular weight excluding hydrogens is 312 g/mol. The Morgan fingerprint density at radius 3 is 2.56 bits per heavy atom. The van der Waals surface area contributed by atoms with E-state index in [4.69, 9.17) is 0 Å². The van der Waals surface area contributed by atoms with E-state index >= 15 is 0 Å². The molecule has 2 aromatic rings. The van der Waals surface area contributed by atoms with E-state index in [-0.39, 0.29) is 11.8 Å². The molecule has 1 aromatic carbocycles. The Kier molecular flexibility index (Phi) is 4.47. The second-order valence-electron chi connectivity index (χ2n) is 7.14. The average molecular weight is 338 g/mol. The number of amides is 1. The molecule has 0 spiro atoms. The van der Waals surface area contributed by atoms with Gasteiger partial charge in [-0.2, -0.15) is 5.10 Å². The Bertz CT molecular complexity index is 740. The molecule has 1 aromatic heterocycles. The number of aryl methyl sites for hydroxylation is 1. The summed E-state index contributed by atoms with van der Waals surface area (Å²) in [6.45, 7) is 4.36. The van der Waals surface area contributed by atoms with Crippen molar-refractivity contribution in [3.63, 3.8) is 0 Å². The second-order valence-corrected chi connectivity index (χ2v) is 7.14. The molecule has 0 radical (unpaired) electrons. The van der Waals surface area contributed by atoms with E-state index in [1.54, 1.807) is 0 Å². The van der Waals surface area contributed by atoms with Gasteiger partial charge in [0.2, 0.25) is 5.91 Å². The molecule has 1 aliphatic heterocycles. The topological polar surface area (TPSA) is 61.0 Å². The van der Waals surface area contributed by atoms with Crippen LogP contribution in [-0.2, 0) is 11.2 Å². The average Bonchev–Trinajstić information content (AvgIpc) is 3.44. The van der Waals surface area contributed by atoms with Crippen LogP contribution in [0.5, 0.6) is 0 Å². The molecule has 2 N–H and O–H groups in total. The summed E-state index contributed by atoms with van der Waals surface area (Å²) in [6.07, 6.45) is 6.72. The number of H-pyrrole nitrogens is 1. The summed E-state index contributed by atoms with van der Waals surface area (Å²) in [5.41, 5.74) is 5.01. The van der Waals surface area contributed by atoms with Crippen LogP contribution < -0.4 is 10.2 Å². The molecule has 5 heteroatoms. The molecule has 2 aliphatic rings. The number of nitrogens with zero attached hydrogens (tertiary/aromatic N) is 2. The third kappa shape index (κ3) is 3.41. The van der Waals surface area contributed by atoms with Crippen LogP contribution in [0.4, 0.5) is 11.4 Å². The van der Waals surface area contributed by atoms with Crippen molar-refractivity contribution < 1.29 is 4.79 Å². The third-order valence-corrected chi connectivity index (χ3v) is 5.25. The Hall–Kier alpha value is -2.30. The van der Waals surface area contributed by atoms with Crippen molar-refractivity contribution in [1.29, 1.82) is 0 Å². The van der Waals surface area contributed by atoms with Crippen molar-refractivity contribution >= 4 is 17.3 Å². The van der Waals surface area contributed by atoms with E-state index in [0.29, 0.717) is 0 Å². The highest BCUT2D eigenvalue weighted by atomic mass is 16.2. The molecule has 0 atom stereocenters. The summed E-state index contributed by atoms with van der Waals surface area (Å²) < 4.78 is 0. The van der Waals surface area contributed by atoms with Gasteiger partial charge in [0, 0.05) is 30.3 Å². The number of anilines is 2. The molecule has 132 valence electrons. The van der Waals surface area contributed by atoms with Crippen LogP contribution >= 0.6 is 0 Å². The van der Waals surface area contributed by atoms with Crippen molar-refractivity contribution in [2.75, 3.05) is 23.3 Å². The molecule has 5 nitrogen and oxygen atoms in total. The molecule has 1 amide bonds. The van der Waals surface area contributed by atoms with E-state index < -0.39 is 0 Å². The number of piperidine rings is 1. The molecule has 0 unspecified atom stereocenters. The van der Waals surface area contributed by atoms with Gasteiger partial charge in [-0.25, -0.2) is 0 Å². The van der Waals surface area contributed by atoms with Gasteiger partial charge >= 0.3 is 0 Å². The van der Waals surface area contributed by atoms with Crippen molar-refractivity contribution in [3.8, 4) is 11.3 Å². The van der Waals surface area contributed by atoms with E-state index in [1.165, 1.54) is 24.9 Å². The van der Waals surface area contributed by atoms with Gasteiger partial charge in [-0.05, 0) is 50.7 Å². The standard InChI is InChI=1S/C20H26N4O/c1-2-17-19(21-20(25)15-6-7-15)18(23-22-17)14-8-10-16(11-9-14)24-12-4-3-5-13-24/h8-11,15H,2-7,12-13H2,1H3,(H,21,25)(H,22,23). The quantitative estimate of drug-likeness (QED) is 0.867. The summed E-state index contributed by atoms with van der Waals surface area (Å²) in [5.74, 6) is 0.316. The van der Waals surface area contributed by atoms with Gasteiger partial charge < -0.3 is 10.2 Å². The van der Waals surface area contributed by atoms with E-state index in [9.17, 15) is 4.79 Å². The van der Waals surface area contributed by atoms with Gasteiger partial charge in [0.15, 0.2) is 0 Å². The van der Waals surface area contributed by atoms with Crippen LogP contribution in [-0.4, -0.2) is 29.2 Å². The van der Waals surface area contributed by atoms with Gasteiger partial charge in [-0.1, -0.05) is 19.1 Å². The first kappa shape index (κ1) is 16.2. The molecule has 2 heterocycles. The van der Waals surface area contributed by atoms with E-state index in [0.717, 1.165) is 55.0 Å². The highest BCUT2D eigenvalue weighted by Crippen LogP contribution is 2.34. The Morgan fingerprint density at radius 1 is 1.20 bits per heavy atom. The molecule has 25 heavy (non-hydrogen) atoms. The minimum Gasteiger partial charge on any atom is -0.372 e. The molecule has 2 fully saturated rings. The lowest BCUT2D eigenvalue weighted by atomic mass is 10.1. The molecule has 1 aliphatic carbocycles. The molecule has 4 rings (SSSR count). The number of aromatic nitrogens is 2. The third-order valence-electron chi connectivity index (χ3n) is 5.25. The van der Waals surface area contributed by atoms with Crippen LogP contribution in [0.2, 0.25) is 0 Å². The van der Waals surface area contributed by atoms with Gasteiger partial charge in [-0.3, -0.25) is 9.89 Å². The Balaban J connectivity index is 1.58. The van der Waals surface area contributed by atoms with Crippen molar-refractivity contribution in [2.45, 2.75) is 45.4 Å². The summed E-state index contributed by atoms with van der Waals surface area (Å²) in [5, 5.41) is 10.7. The van der Waals surface area contributed by atoms with Gasteiger partial charge in [0.25, 0.3) is 0 Å².